The average molecular weight is 318 g/mol. The summed E-state index contributed by atoms with van der Waals surface area (Å²) in [4.78, 5) is 0. The molecule has 0 heterocycles. The average Bonchev–Trinajstić information content (AvgIpc) is 2.36. The third kappa shape index (κ3) is 6.96. The summed E-state index contributed by atoms with van der Waals surface area (Å²) in [5.41, 5.74) is 0. The molecule has 18 heavy (non-hydrogen) atoms. The van der Waals surface area contributed by atoms with E-state index in [1.165, 1.54) is 0 Å². The molecule has 5 heteroatoms. The molecule has 0 radical (unpaired) electrons. The molecule has 1 aromatic carbocycles. The molecular weight excluding hydrogens is 298 g/mol. The lowest BCUT2D eigenvalue weighted by Crippen LogP contribution is -2.32. The Morgan fingerprint density at radius 3 is 2.89 bits per heavy atom. The molecular formula is C13H20BrNO3. The number of nitrogens with one attached hydrogen (secondary N) is 1. The molecule has 0 aliphatic carbocycles. The summed E-state index contributed by atoms with van der Waals surface area (Å²) in [5.74, 6) is 0.740. The first-order chi connectivity index (χ1) is 8.72. The zero-order valence-corrected chi connectivity index (χ0v) is 11.9. The summed E-state index contributed by atoms with van der Waals surface area (Å²) in [6, 6.07) is 7.53. The van der Waals surface area contributed by atoms with Crippen molar-refractivity contribution in [3.05, 3.63) is 28.7 Å². The van der Waals surface area contributed by atoms with E-state index in [1.807, 2.05) is 24.3 Å². The van der Waals surface area contributed by atoms with Crippen LogP contribution >= 0.6 is 15.9 Å². The molecule has 1 rings (SSSR count). The van der Waals surface area contributed by atoms with Gasteiger partial charge >= 0.3 is 0 Å². The highest BCUT2D eigenvalue weighted by Gasteiger charge is 2.04. The van der Waals surface area contributed by atoms with Gasteiger partial charge in [0.1, 0.15) is 18.5 Å². The Labute approximate surface area is 116 Å². The molecule has 0 aliphatic heterocycles. The summed E-state index contributed by atoms with van der Waals surface area (Å²) >= 11 is 3.36. The quantitative estimate of drug-likeness (QED) is 0.605. The fraction of sp³-hybridized carbons (Fsp3) is 0.538. The van der Waals surface area contributed by atoms with Gasteiger partial charge in [-0.1, -0.05) is 22.0 Å². The molecule has 4 nitrogen and oxygen atoms in total. The maximum Gasteiger partial charge on any atom is 0.120 e. The third-order valence-corrected chi connectivity index (χ3v) is 2.87. The largest absolute Gasteiger partial charge is 0.491 e. The molecule has 0 fully saturated rings. The van der Waals surface area contributed by atoms with Gasteiger partial charge < -0.3 is 20.3 Å². The van der Waals surface area contributed by atoms with Crippen LogP contribution in [0, 0.1) is 0 Å². The maximum atomic E-state index is 9.69. The minimum atomic E-state index is -0.530. The van der Waals surface area contributed by atoms with Crippen molar-refractivity contribution in [2.75, 3.05) is 26.3 Å². The van der Waals surface area contributed by atoms with Crippen molar-refractivity contribution in [1.82, 2.24) is 5.32 Å². The summed E-state index contributed by atoms with van der Waals surface area (Å²) < 4.78 is 6.42. The SMILES string of the molecule is OCCCCNCC(O)COc1cccc(Br)c1. The Morgan fingerprint density at radius 1 is 1.33 bits per heavy atom. The van der Waals surface area contributed by atoms with E-state index >= 15 is 0 Å². The van der Waals surface area contributed by atoms with Crippen molar-refractivity contribution < 1.29 is 14.9 Å². The fourth-order valence-electron chi connectivity index (χ4n) is 1.44. The molecule has 0 saturated carbocycles. The molecule has 0 aromatic heterocycles. The number of halogens is 1. The first kappa shape index (κ1) is 15.4. The van der Waals surface area contributed by atoms with Gasteiger partial charge in [0.05, 0.1) is 0 Å². The van der Waals surface area contributed by atoms with Crippen molar-refractivity contribution in [1.29, 1.82) is 0 Å². The third-order valence-electron chi connectivity index (χ3n) is 2.38. The minimum Gasteiger partial charge on any atom is -0.491 e. The molecule has 0 saturated heterocycles. The molecule has 102 valence electrons. The highest BCUT2D eigenvalue weighted by molar-refractivity contribution is 9.10. The number of rotatable bonds is 9. The van der Waals surface area contributed by atoms with E-state index in [2.05, 4.69) is 21.2 Å². The van der Waals surface area contributed by atoms with Gasteiger partial charge in [0.15, 0.2) is 0 Å². The molecule has 0 amide bonds. The van der Waals surface area contributed by atoms with Gasteiger partial charge in [-0.05, 0) is 37.6 Å². The Morgan fingerprint density at radius 2 is 2.17 bits per heavy atom. The van der Waals surface area contributed by atoms with Gasteiger partial charge in [-0.25, -0.2) is 0 Å². The van der Waals surface area contributed by atoms with Crippen LogP contribution in [-0.2, 0) is 0 Å². The van der Waals surface area contributed by atoms with E-state index in [-0.39, 0.29) is 13.2 Å². The van der Waals surface area contributed by atoms with Crippen LogP contribution < -0.4 is 10.1 Å². The van der Waals surface area contributed by atoms with Crippen LogP contribution in [0.1, 0.15) is 12.8 Å². The molecule has 1 aromatic rings. The first-order valence-electron chi connectivity index (χ1n) is 6.10. The van der Waals surface area contributed by atoms with Crippen LogP contribution in [0.15, 0.2) is 28.7 Å². The smallest absolute Gasteiger partial charge is 0.120 e. The maximum absolute atomic E-state index is 9.69. The lowest BCUT2D eigenvalue weighted by Gasteiger charge is -2.13. The summed E-state index contributed by atoms with van der Waals surface area (Å²) in [6.45, 7) is 1.79. The van der Waals surface area contributed by atoms with E-state index in [9.17, 15) is 5.11 Å². The lowest BCUT2D eigenvalue weighted by atomic mass is 10.3. The van der Waals surface area contributed by atoms with Crippen LogP contribution in [0.3, 0.4) is 0 Å². The van der Waals surface area contributed by atoms with Gasteiger partial charge in [-0.2, -0.15) is 0 Å². The van der Waals surface area contributed by atoms with Crippen LogP contribution in [0.2, 0.25) is 0 Å². The monoisotopic (exact) mass is 317 g/mol. The van der Waals surface area contributed by atoms with Crippen LogP contribution in [-0.4, -0.2) is 42.6 Å². The second-order valence-electron chi connectivity index (χ2n) is 4.06. The topological polar surface area (TPSA) is 61.7 Å². The number of aliphatic hydroxyl groups is 2. The predicted molar refractivity (Wildman–Crippen MR) is 74.8 cm³/mol. The molecule has 3 N–H and O–H groups in total. The highest BCUT2D eigenvalue weighted by atomic mass is 79.9. The van der Waals surface area contributed by atoms with E-state index < -0.39 is 6.10 Å². The number of ether oxygens (including phenoxy) is 1. The van der Waals surface area contributed by atoms with E-state index in [0.717, 1.165) is 29.6 Å². The first-order valence-corrected chi connectivity index (χ1v) is 6.89. The summed E-state index contributed by atoms with van der Waals surface area (Å²) in [5, 5.41) is 21.4. The number of benzene rings is 1. The minimum absolute atomic E-state index is 0.218. The van der Waals surface area contributed by atoms with Gasteiger partial charge in [-0.15, -0.1) is 0 Å². The summed E-state index contributed by atoms with van der Waals surface area (Å²) in [7, 11) is 0. The van der Waals surface area contributed by atoms with Gasteiger partial charge in [0.25, 0.3) is 0 Å². The van der Waals surface area contributed by atoms with Crippen molar-refractivity contribution in [2.45, 2.75) is 18.9 Å². The Hall–Kier alpha value is -0.620. The molecule has 0 aliphatic rings. The molecule has 0 bridgehead atoms. The Balaban J connectivity index is 2.11. The second-order valence-corrected chi connectivity index (χ2v) is 4.97. The van der Waals surface area contributed by atoms with Crippen LogP contribution in [0.4, 0.5) is 0 Å². The fourth-order valence-corrected chi connectivity index (χ4v) is 1.82. The Kier molecular flexibility index (Phi) is 8.00. The molecule has 1 unspecified atom stereocenters. The second kappa shape index (κ2) is 9.33. The molecule has 0 spiro atoms. The normalized spacial score (nSPS) is 12.4. The van der Waals surface area contributed by atoms with Gasteiger partial charge in [0.2, 0.25) is 0 Å². The van der Waals surface area contributed by atoms with Crippen LogP contribution in [0.25, 0.3) is 0 Å². The predicted octanol–water partition coefficient (Wildman–Crippen LogP) is 1.55. The lowest BCUT2D eigenvalue weighted by molar-refractivity contribution is 0.106. The van der Waals surface area contributed by atoms with Gasteiger partial charge in [0, 0.05) is 17.6 Å². The van der Waals surface area contributed by atoms with Crippen molar-refractivity contribution in [3.63, 3.8) is 0 Å². The molecule has 1 atom stereocenters. The van der Waals surface area contributed by atoms with E-state index in [1.54, 1.807) is 0 Å². The number of unbranched alkanes of at least 4 members (excludes halogenated alkanes) is 1. The number of hydrogen-bond acceptors (Lipinski definition) is 4. The highest BCUT2D eigenvalue weighted by Crippen LogP contribution is 2.17. The zero-order valence-electron chi connectivity index (χ0n) is 10.3. The zero-order chi connectivity index (χ0) is 13.2. The van der Waals surface area contributed by atoms with Crippen LogP contribution in [0.5, 0.6) is 5.75 Å². The number of hydrogen-bond donors (Lipinski definition) is 3. The van der Waals surface area contributed by atoms with E-state index in [0.29, 0.717) is 6.54 Å². The van der Waals surface area contributed by atoms with E-state index in [4.69, 9.17) is 9.84 Å². The Bertz CT molecular complexity index is 336. The van der Waals surface area contributed by atoms with Crippen molar-refractivity contribution in [3.8, 4) is 5.75 Å². The summed E-state index contributed by atoms with van der Waals surface area (Å²) in [6.07, 6.45) is 1.17. The number of aliphatic hydroxyl groups excluding tert-OH is 2. The van der Waals surface area contributed by atoms with Gasteiger partial charge in [-0.3, -0.25) is 0 Å². The standard InChI is InChI=1S/C13H20BrNO3/c14-11-4-3-5-13(8-11)18-10-12(17)9-15-6-1-2-7-16/h3-5,8,12,15-17H,1-2,6-7,9-10H2. The van der Waals surface area contributed by atoms with Crippen molar-refractivity contribution in [2.24, 2.45) is 0 Å². The van der Waals surface area contributed by atoms with Crippen molar-refractivity contribution >= 4 is 15.9 Å².